The first-order valence-electron chi connectivity index (χ1n) is 14.4. The van der Waals surface area contributed by atoms with E-state index in [-0.39, 0.29) is 19.0 Å². The first-order valence-corrected chi connectivity index (χ1v) is 15.9. The van der Waals surface area contributed by atoms with Gasteiger partial charge in [0.15, 0.2) is 6.10 Å². The van der Waals surface area contributed by atoms with E-state index in [9.17, 15) is 19.0 Å². The number of phosphoric acid groups is 1. The molecule has 0 radical (unpaired) electrons. The fourth-order valence-corrected chi connectivity index (χ4v) is 4.18. The van der Waals surface area contributed by atoms with Gasteiger partial charge in [-0.3, -0.25) is 18.6 Å². The summed E-state index contributed by atoms with van der Waals surface area (Å²) in [7, 11) is -3.19. The summed E-state index contributed by atoms with van der Waals surface area (Å²) in [6.45, 7) is 3.72. The maximum Gasteiger partial charge on any atom is 0.472 e. The van der Waals surface area contributed by atoms with Gasteiger partial charge in [0.05, 0.1) is 6.61 Å². The lowest BCUT2D eigenvalue weighted by Gasteiger charge is -2.19. The number of esters is 2. The first kappa shape index (κ1) is 35.8. The molecule has 0 spiro atoms. The van der Waals surface area contributed by atoms with E-state index in [4.69, 9.17) is 14.0 Å². The van der Waals surface area contributed by atoms with Crippen molar-refractivity contribution in [2.24, 2.45) is 0 Å². The lowest BCUT2D eigenvalue weighted by atomic mass is 10.1. The molecule has 218 valence electrons. The SMILES string of the molecule is CCC/C=C/CCCCCCCCCC(=O)O[C@H](COC(=O)CCCCCCCC)COP(=O)(O)OC. The summed E-state index contributed by atoms with van der Waals surface area (Å²) < 4.78 is 31.5. The van der Waals surface area contributed by atoms with E-state index in [0.717, 1.165) is 58.5 Å². The van der Waals surface area contributed by atoms with Gasteiger partial charge in [0.1, 0.15) is 6.61 Å². The zero-order valence-electron chi connectivity index (χ0n) is 23.6. The van der Waals surface area contributed by atoms with E-state index in [1.165, 1.54) is 44.9 Å². The predicted octanol–water partition coefficient (Wildman–Crippen LogP) is 7.82. The Balaban J connectivity index is 4.17. The molecular weight excluding hydrogens is 495 g/mol. The van der Waals surface area contributed by atoms with E-state index in [0.29, 0.717) is 12.8 Å². The Morgan fingerprint density at radius 3 is 1.86 bits per heavy atom. The Bertz CT molecular complexity index is 638. The summed E-state index contributed by atoms with van der Waals surface area (Å²) in [6.07, 6.45) is 21.5. The van der Waals surface area contributed by atoms with Gasteiger partial charge in [0.25, 0.3) is 0 Å². The lowest BCUT2D eigenvalue weighted by Crippen LogP contribution is -2.29. The summed E-state index contributed by atoms with van der Waals surface area (Å²) in [5.41, 5.74) is 0. The van der Waals surface area contributed by atoms with Gasteiger partial charge < -0.3 is 14.4 Å². The number of carbonyl (C=O) groups excluding carboxylic acids is 2. The molecule has 9 heteroatoms. The van der Waals surface area contributed by atoms with Crippen molar-refractivity contribution in [1.82, 2.24) is 0 Å². The van der Waals surface area contributed by atoms with Crippen molar-refractivity contribution in [3.63, 3.8) is 0 Å². The van der Waals surface area contributed by atoms with Crippen molar-refractivity contribution in [3.8, 4) is 0 Å². The summed E-state index contributed by atoms with van der Waals surface area (Å²) in [5, 5.41) is 0. The number of phosphoric ester groups is 1. The number of rotatable bonds is 26. The van der Waals surface area contributed by atoms with Crippen molar-refractivity contribution in [2.45, 2.75) is 136 Å². The molecule has 0 aromatic heterocycles. The maximum atomic E-state index is 12.3. The van der Waals surface area contributed by atoms with Gasteiger partial charge in [0.2, 0.25) is 0 Å². The molecule has 0 aromatic carbocycles. The highest BCUT2D eigenvalue weighted by Crippen LogP contribution is 2.42. The fraction of sp³-hybridized carbons (Fsp3) is 0.857. The highest BCUT2D eigenvalue weighted by Gasteiger charge is 2.24. The van der Waals surface area contributed by atoms with Crippen LogP contribution in [0, 0.1) is 0 Å². The summed E-state index contributed by atoms with van der Waals surface area (Å²) >= 11 is 0. The van der Waals surface area contributed by atoms with Crippen LogP contribution in [0.2, 0.25) is 0 Å². The second-order valence-corrected chi connectivity index (χ2v) is 11.1. The van der Waals surface area contributed by atoms with Crippen molar-refractivity contribution in [1.29, 1.82) is 0 Å². The van der Waals surface area contributed by atoms with E-state index in [1.807, 2.05) is 0 Å². The Morgan fingerprint density at radius 2 is 1.27 bits per heavy atom. The Hall–Kier alpha value is -1.21. The lowest BCUT2D eigenvalue weighted by molar-refractivity contribution is -0.161. The molecule has 0 heterocycles. The summed E-state index contributed by atoms with van der Waals surface area (Å²) in [6, 6.07) is 0. The van der Waals surface area contributed by atoms with Crippen LogP contribution in [0.25, 0.3) is 0 Å². The molecule has 0 fully saturated rings. The second-order valence-electron chi connectivity index (χ2n) is 9.53. The number of unbranched alkanes of at least 4 members (excludes halogenated alkanes) is 13. The molecule has 0 saturated heterocycles. The van der Waals surface area contributed by atoms with Crippen LogP contribution in [-0.4, -0.2) is 43.3 Å². The first-order chi connectivity index (χ1) is 17.8. The van der Waals surface area contributed by atoms with Crippen molar-refractivity contribution in [2.75, 3.05) is 20.3 Å². The average Bonchev–Trinajstić information content (AvgIpc) is 2.88. The van der Waals surface area contributed by atoms with Gasteiger partial charge in [-0.25, -0.2) is 4.57 Å². The van der Waals surface area contributed by atoms with Gasteiger partial charge in [-0.2, -0.15) is 0 Å². The van der Waals surface area contributed by atoms with Crippen LogP contribution in [0.5, 0.6) is 0 Å². The molecule has 1 unspecified atom stereocenters. The molecular formula is C28H53O8P. The normalized spacial score (nSPS) is 13.9. The largest absolute Gasteiger partial charge is 0.472 e. The zero-order chi connectivity index (χ0) is 27.6. The zero-order valence-corrected chi connectivity index (χ0v) is 24.5. The number of ether oxygens (including phenoxy) is 2. The average molecular weight is 549 g/mol. The smallest absolute Gasteiger partial charge is 0.462 e. The molecule has 37 heavy (non-hydrogen) atoms. The van der Waals surface area contributed by atoms with E-state index < -0.39 is 26.5 Å². The van der Waals surface area contributed by atoms with Crippen molar-refractivity contribution in [3.05, 3.63) is 12.2 Å². The third kappa shape index (κ3) is 24.9. The molecule has 0 amide bonds. The number of hydrogen-bond acceptors (Lipinski definition) is 7. The predicted molar refractivity (Wildman–Crippen MR) is 147 cm³/mol. The van der Waals surface area contributed by atoms with E-state index in [2.05, 4.69) is 30.5 Å². The van der Waals surface area contributed by atoms with Crippen molar-refractivity contribution >= 4 is 19.8 Å². The van der Waals surface area contributed by atoms with Crippen LogP contribution >= 0.6 is 7.82 Å². The van der Waals surface area contributed by atoms with Crippen LogP contribution in [0.3, 0.4) is 0 Å². The van der Waals surface area contributed by atoms with Crippen LogP contribution < -0.4 is 0 Å². The molecule has 0 aromatic rings. The van der Waals surface area contributed by atoms with E-state index in [1.54, 1.807) is 0 Å². The molecule has 0 aliphatic heterocycles. The molecule has 0 aliphatic rings. The minimum atomic E-state index is -4.23. The molecule has 8 nitrogen and oxygen atoms in total. The minimum Gasteiger partial charge on any atom is -0.462 e. The third-order valence-electron chi connectivity index (χ3n) is 5.99. The topological polar surface area (TPSA) is 108 Å². The highest BCUT2D eigenvalue weighted by atomic mass is 31.2. The second kappa shape index (κ2) is 25.1. The maximum absolute atomic E-state index is 12.3. The number of carbonyl (C=O) groups is 2. The van der Waals surface area contributed by atoms with Gasteiger partial charge in [-0.05, 0) is 32.1 Å². The summed E-state index contributed by atoms with van der Waals surface area (Å²) in [4.78, 5) is 33.8. The molecule has 1 N–H and O–H groups in total. The number of allylic oxidation sites excluding steroid dienone is 2. The van der Waals surface area contributed by atoms with Gasteiger partial charge >= 0.3 is 19.8 Å². The van der Waals surface area contributed by atoms with Crippen LogP contribution in [0.4, 0.5) is 0 Å². The van der Waals surface area contributed by atoms with Crippen molar-refractivity contribution < 1.29 is 37.6 Å². The standard InChI is InChI=1S/C28H53O8P/c1-4-6-8-10-12-13-14-15-16-17-19-21-23-28(30)36-26(25-35-37(31,32)33-3)24-34-27(29)22-20-18-11-9-7-5-2/h8,10,26H,4-7,9,11-25H2,1-3H3,(H,31,32)/b10-8+/t26-/m1/s1. The van der Waals surface area contributed by atoms with E-state index >= 15 is 0 Å². The van der Waals surface area contributed by atoms with Crippen LogP contribution in [-0.2, 0) is 32.7 Å². The quantitative estimate of drug-likeness (QED) is 0.0504. The number of hydrogen-bond donors (Lipinski definition) is 1. The molecule has 2 atom stereocenters. The fourth-order valence-electron chi connectivity index (χ4n) is 3.72. The third-order valence-corrected chi connectivity index (χ3v) is 6.93. The Labute approximate surface area is 225 Å². The molecule has 0 bridgehead atoms. The van der Waals surface area contributed by atoms with Crippen LogP contribution in [0.15, 0.2) is 12.2 Å². The molecule has 0 rings (SSSR count). The highest BCUT2D eigenvalue weighted by molar-refractivity contribution is 7.47. The molecule has 0 aliphatic carbocycles. The van der Waals surface area contributed by atoms with Gasteiger partial charge in [0, 0.05) is 20.0 Å². The Morgan fingerprint density at radius 1 is 0.730 bits per heavy atom. The summed E-state index contributed by atoms with van der Waals surface area (Å²) in [5.74, 6) is -0.822. The van der Waals surface area contributed by atoms with Gasteiger partial charge in [-0.1, -0.05) is 96.6 Å². The van der Waals surface area contributed by atoms with Gasteiger partial charge in [-0.15, -0.1) is 0 Å². The van der Waals surface area contributed by atoms with Crippen LogP contribution in [0.1, 0.15) is 129 Å². The Kier molecular flexibility index (Phi) is 24.3. The monoisotopic (exact) mass is 548 g/mol. The minimum absolute atomic E-state index is 0.224. The molecule has 0 saturated carbocycles.